The first-order valence-corrected chi connectivity index (χ1v) is 17.2. The lowest BCUT2D eigenvalue weighted by Gasteiger charge is -2.30. The van der Waals surface area contributed by atoms with Gasteiger partial charge < -0.3 is 15.7 Å². The lowest BCUT2D eigenvalue weighted by atomic mass is 9.98. The van der Waals surface area contributed by atoms with Gasteiger partial charge in [0.15, 0.2) is 0 Å². The Balaban J connectivity index is 0.000000383. The first-order chi connectivity index (χ1) is 21.9. The van der Waals surface area contributed by atoms with Gasteiger partial charge in [-0.3, -0.25) is 24.4 Å². The van der Waals surface area contributed by atoms with Gasteiger partial charge >= 0.3 is 0 Å². The summed E-state index contributed by atoms with van der Waals surface area (Å²) in [6, 6.07) is 5.95. The number of Topliss-reactive ketones (excluding diaryl/α,β-unsaturated/α-hetero) is 2. The Hall–Kier alpha value is -3.23. The highest BCUT2D eigenvalue weighted by atomic mass is 16.3. The summed E-state index contributed by atoms with van der Waals surface area (Å²) in [6.07, 6.45) is 10.6. The maximum absolute atomic E-state index is 12.4. The fraction of sp³-hybridized carbons (Fsp3) is 0.605. The van der Waals surface area contributed by atoms with Crippen molar-refractivity contribution in [1.29, 1.82) is 0 Å². The number of aliphatic imine (C=N–C) groups is 1. The van der Waals surface area contributed by atoms with Crippen LogP contribution in [0, 0.1) is 18.8 Å². The van der Waals surface area contributed by atoms with Gasteiger partial charge in [0.25, 0.3) is 0 Å². The van der Waals surface area contributed by atoms with Crippen LogP contribution >= 0.6 is 0 Å². The predicted octanol–water partition coefficient (Wildman–Crippen LogP) is 6.90. The zero-order valence-electron chi connectivity index (χ0n) is 29.9. The number of likely N-dealkylation sites (tertiary alicyclic amines) is 1. The molecular weight excluding hydrogens is 574 g/mol. The molecule has 8 nitrogen and oxygen atoms in total. The zero-order valence-corrected chi connectivity index (χ0v) is 29.9. The molecule has 0 spiro atoms. The smallest absolute Gasteiger partial charge is 0.245 e. The van der Waals surface area contributed by atoms with Gasteiger partial charge in [0.1, 0.15) is 11.4 Å². The number of benzene rings is 1. The van der Waals surface area contributed by atoms with Crippen molar-refractivity contribution in [2.24, 2.45) is 16.8 Å². The van der Waals surface area contributed by atoms with Crippen LogP contribution in [0.2, 0.25) is 0 Å². The summed E-state index contributed by atoms with van der Waals surface area (Å²) in [5.74, 6) is 0.941. The number of nitrogens with one attached hydrogen (secondary N) is 2. The molecule has 0 amide bonds. The van der Waals surface area contributed by atoms with E-state index in [2.05, 4.69) is 73.7 Å². The molecule has 0 bridgehead atoms. The number of ketones is 2. The summed E-state index contributed by atoms with van der Waals surface area (Å²) in [7, 11) is 0. The molecule has 2 fully saturated rings. The normalized spacial score (nSPS) is 17.5. The SMILES string of the molecule is C=N/C=C(\C=C(\C)CN(CCC)CC(C)CC)N/C(C)=C(\NC1CC1)C(=O)C(C)=O.Cc1cc(O)ccc1CN1CCC(C)CC1. The summed E-state index contributed by atoms with van der Waals surface area (Å²) >= 11 is 0. The molecule has 46 heavy (non-hydrogen) atoms. The number of piperidine rings is 1. The molecule has 1 aromatic rings. The molecule has 1 heterocycles. The number of nitrogens with zero attached hydrogens (tertiary/aromatic N) is 3. The van der Waals surface area contributed by atoms with Crippen molar-refractivity contribution in [3.63, 3.8) is 0 Å². The largest absolute Gasteiger partial charge is 0.508 e. The second-order valence-electron chi connectivity index (χ2n) is 13.5. The van der Waals surface area contributed by atoms with E-state index < -0.39 is 11.6 Å². The number of allylic oxidation sites excluding steroid dienone is 3. The Morgan fingerprint density at radius 3 is 2.37 bits per heavy atom. The van der Waals surface area contributed by atoms with Crippen LogP contribution in [0.3, 0.4) is 0 Å². The molecule has 1 saturated heterocycles. The van der Waals surface area contributed by atoms with Gasteiger partial charge in [-0.2, -0.15) is 0 Å². The van der Waals surface area contributed by atoms with Gasteiger partial charge in [-0.15, -0.1) is 0 Å². The first-order valence-electron chi connectivity index (χ1n) is 17.2. The van der Waals surface area contributed by atoms with Gasteiger partial charge in [0.05, 0.1) is 5.70 Å². The zero-order chi connectivity index (χ0) is 34.2. The third-order valence-corrected chi connectivity index (χ3v) is 8.69. The molecule has 3 N–H and O–H groups in total. The molecule has 1 atom stereocenters. The van der Waals surface area contributed by atoms with Crippen LogP contribution < -0.4 is 10.6 Å². The number of phenols is 1. The van der Waals surface area contributed by atoms with E-state index in [0.29, 0.717) is 23.1 Å². The molecule has 2 aliphatic rings. The first kappa shape index (κ1) is 39.0. The van der Waals surface area contributed by atoms with E-state index in [1.54, 1.807) is 19.2 Å². The molecular formula is C38H61N5O3. The van der Waals surface area contributed by atoms with E-state index >= 15 is 0 Å². The van der Waals surface area contributed by atoms with Gasteiger partial charge in [0, 0.05) is 44.5 Å². The summed E-state index contributed by atoms with van der Waals surface area (Å²) < 4.78 is 0. The lowest BCUT2D eigenvalue weighted by molar-refractivity contribution is -0.133. The Bertz CT molecular complexity index is 1240. The van der Waals surface area contributed by atoms with Crippen LogP contribution in [0.25, 0.3) is 0 Å². The van der Waals surface area contributed by atoms with Crippen LogP contribution in [-0.2, 0) is 16.1 Å². The number of hydrogen-bond donors (Lipinski definition) is 3. The van der Waals surface area contributed by atoms with Gasteiger partial charge in [-0.1, -0.05) is 45.8 Å². The predicted molar refractivity (Wildman–Crippen MR) is 192 cm³/mol. The number of carbonyl (C=O) groups excluding carboxylic acids is 2. The lowest BCUT2D eigenvalue weighted by Crippen LogP contribution is -2.32. The van der Waals surface area contributed by atoms with Crippen molar-refractivity contribution in [3.05, 3.63) is 64.3 Å². The fourth-order valence-corrected chi connectivity index (χ4v) is 5.54. The molecule has 3 rings (SSSR count). The number of phenolic OH excluding ortho intramolecular Hbond substituents is 1. The molecule has 1 aromatic carbocycles. The minimum Gasteiger partial charge on any atom is -0.508 e. The van der Waals surface area contributed by atoms with Crippen molar-refractivity contribution in [2.45, 2.75) is 107 Å². The maximum atomic E-state index is 12.4. The summed E-state index contributed by atoms with van der Waals surface area (Å²) in [4.78, 5) is 32.9. The van der Waals surface area contributed by atoms with E-state index in [-0.39, 0.29) is 6.04 Å². The second-order valence-corrected chi connectivity index (χ2v) is 13.5. The van der Waals surface area contributed by atoms with Crippen LogP contribution in [0.1, 0.15) is 98.1 Å². The molecule has 256 valence electrons. The number of carbonyl (C=O) groups is 2. The standard InChI is InChI=1S/C24H40N4O2.C14H21NO/c1-8-12-28(15-17(3)9-2)16-18(4)13-22(14-25-7)26-19(5)23(24(30)20(6)29)27-21-10-11-21;1-11-5-7-15(8-6-11)10-13-3-4-14(16)9-12(13)2/h13-14,17,21,26-27H,7-12,15-16H2,1-6H3;3-4,9,11,16H,5-8,10H2,1-2H3/b18-13-,22-14+,23-19-;. The van der Waals surface area contributed by atoms with Crippen LogP contribution in [0.15, 0.2) is 58.1 Å². The molecule has 0 radical (unpaired) electrons. The number of rotatable bonds is 17. The van der Waals surface area contributed by atoms with E-state index in [0.717, 1.165) is 57.1 Å². The Morgan fingerprint density at radius 1 is 1.15 bits per heavy atom. The van der Waals surface area contributed by atoms with Gasteiger partial charge in [-0.05, 0) is 120 Å². The van der Waals surface area contributed by atoms with Crippen molar-refractivity contribution in [1.82, 2.24) is 20.4 Å². The Morgan fingerprint density at radius 2 is 1.83 bits per heavy atom. The van der Waals surface area contributed by atoms with E-state index in [1.165, 1.54) is 56.0 Å². The summed E-state index contributed by atoms with van der Waals surface area (Å²) in [6.45, 7) is 26.3. The monoisotopic (exact) mass is 635 g/mol. The van der Waals surface area contributed by atoms with Gasteiger partial charge in [-0.25, -0.2) is 0 Å². The molecule has 8 heteroatoms. The topological polar surface area (TPSA) is 97.3 Å². The fourth-order valence-electron chi connectivity index (χ4n) is 5.54. The van der Waals surface area contributed by atoms with E-state index in [9.17, 15) is 14.7 Å². The quantitative estimate of drug-likeness (QED) is 0.0742. The number of aromatic hydroxyl groups is 1. The average molecular weight is 636 g/mol. The van der Waals surface area contributed by atoms with Gasteiger partial charge in [0.2, 0.25) is 11.6 Å². The van der Waals surface area contributed by atoms with E-state index in [4.69, 9.17) is 0 Å². The number of hydrogen-bond acceptors (Lipinski definition) is 8. The highest BCUT2D eigenvalue weighted by Gasteiger charge is 2.27. The van der Waals surface area contributed by atoms with Crippen LogP contribution in [0.5, 0.6) is 5.75 Å². The average Bonchev–Trinajstić information content (AvgIpc) is 3.82. The highest BCUT2D eigenvalue weighted by Crippen LogP contribution is 2.23. The van der Waals surface area contributed by atoms with Crippen LogP contribution in [0.4, 0.5) is 0 Å². The van der Waals surface area contributed by atoms with Crippen molar-refractivity contribution in [3.8, 4) is 5.75 Å². The third kappa shape index (κ3) is 14.5. The van der Waals surface area contributed by atoms with Crippen molar-refractivity contribution < 1.29 is 14.7 Å². The van der Waals surface area contributed by atoms with Crippen molar-refractivity contribution >= 4 is 18.3 Å². The van der Waals surface area contributed by atoms with Crippen molar-refractivity contribution in [2.75, 3.05) is 32.7 Å². The minimum absolute atomic E-state index is 0.269. The summed E-state index contributed by atoms with van der Waals surface area (Å²) in [5, 5.41) is 15.8. The third-order valence-electron chi connectivity index (χ3n) is 8.69. The molecule has 1 aliphatic heterocycles. The minimum atomic E-state index is -0.499. The highest BCUT2D eigenvalue weighted by molar-refractivity contribution is 6.42. The van der Waals surface area contributed by atoms with E-state index in [1.807, 2.05) is 18.2 Å². The maximum Gasteiger partial charge on any atom is 0.245 e. The molecule has 1 saturated carbocycles. The molecule has 1 unspecified atom stereocenters. The second kappa shape index (κ2) is 20.1. The Kier molecular flexibility index (Phi) is 17.0. The molecule has 0 aromatic heterocycles. The number of aryl methyl sites for hydroxylation is 1. The Labute approximate surface area is 279 Å². The summed E-state index contributed by atoms with van der Waals surface area (Å²) in [5.41, 5.74) is 5.43. The molecule has 1 aliphatic carbocycles. The van der Waals surface area contributed by atoms with Crippen LogP contribution in [-0.4, -0.2) is 72.0 Å².